The van der Waals surface area contributed by atoms with Crippen molar-refractivity contribution in [3.05, 3.63) is 65.2 Å². The van der Waals surface area contributed by atoms with Crippen molar-refractivity contribution >= 4 is 10.0 Å². The van der Waals surface area contributed by atoms with Crippen molar-refractivity contribution in [2.75, 3.05) is 13.1 Å². The smallest absolute Gasteiger partial charge is 0.246 e. The number of nitrogens with one attached hydrogen (secondary N) is 2. The van der Waals surface area contributed by atoms with Gasteiger partial charge in [-0.2, -0.15) is 0 Å². The van der Waals surface area contributed by atoms with Crippen LogP contribution >= 0.6 is 0 Å². The zero-order valence-electron chi connectivity index (χ0n) is 12.2. The average Bonchev–Trinajstić information content (AvgIpc) is 2.52. The average molecular weight is 338 g/mol. The van der Waals surface area contributed by atoms with Gasteiger partial charge in [-0.1, -0.05) is 30.3 Å². The Morgan fingerprint density at radius 2 is 1.78 bits per heavy atom. The van der Waals surface area contributed by atoms with Gasteiger partial charge in [-0.15, -0.1) is 0 Å². The Balaban J connectivity index is 1.81. The van der Waals surface area contributed by atoms with Crippen molar-refractivity contribution in [3.8, 4) is 0 Å². The molecule has 2 N–H and O–H groups in total. The lowest BCUT2D eigenvalue weighted by Crippen LogP contribution is -2.39. The standard InChI is InChI=1S/C16H16F2N2O2S/c17-13-6-3-7-14(18)16(13)23(21,22)20-10-15-12-5-2-1-4-11(12)8-9-19-15/h1-7,15,19-20H,8-10H2. The Labute approximate surface area is 133 Å². The van der Waals surface area contributed by atoms with Crippen LogP contribution in [0.2, 0.25) is 0 Å². The number of benzene rings is 2. The van der Waals surface area contributed by atoms with Crippen molar-refractivity contribution in [1.82, 2.24) is 10.0 Å². The van der Waals surface area contributed by atoms with Gasteiger partial charge in [-0.25, -0.2) is 21.9 Å². The second-order valence-corrected chi connectivity index (χ2v) is 7.06. The summed E-state index contributed by atoms with van der Waals surface area (Å²) in [7, 11) is -4.26. The summed E-state index contributed by atoms with van der Waals surface area (Å²) in [4.78, 5) is -0.941. The molecule has 1 heterocycles. The van der Waals surface area contributed by atoms with Crippen molar-refractivity contribution in [2.24, 2.45) is 0 Å². The molecule has 4 nitrogen and oxygen atoms in total. The van der Waals surface area contributed by atoms with Gasteiger partial charge in [0.2, 0.25) is 10.0 Å². The van der Waals surface area contributed by atoms with Crippen LogP contribution in [0.15, 0.2) is 47.4 Å². The topological polar surface area (TPSA) is 58.2 Å². The number of hydrogen-bond acceptors (Lipinski definition) is 3. The number of halogens is 2. The minimum absolute atomic E-state index is 0.0210. The molecule has 0 aromatic heterocycles. The van der Waals surface area contributed by atoms with Gasteiger partial charge in [0, 0.05) is 12.6 Å². The molecule has 0 amide bonds. The molecule has 3 rings (SSSR count). The monoisotopic (exact) mass is 338 g/mol. The summed E-state index contributed by atoms with van der Waals surface area (Å²) < 4.78 is 54.1. The first kappa shape index (κ1) is 16.0. The molecule has 122 valence electrons. The predicted octanol–water partition coefficient (Wildman–Crippen LogP) is 2.13. The quantitative estimate of drug-likeness (QED) is 0.898. The van der Waals surface area contributed by atoms with E-state index in [2.05, 4.69) is 10.0 Å². The molecule has 0 radical (unpaired) electrons. The van der Waals surface area contributed by atoms with E-state index in [0.717, 1.165) is 42.3 Å². The van der Waals surface area contributed by atoms with E-state index in [1.807, 2.05) is 24.3 Å². The van der Waals surface area contributed by atoms with E-state index in [4.69, 9.17) is 0 Å². The Morgan fingerprint density at radius 1 is 1.09 bits per heavy atom. The van der Waals surface area contributed by atoms with E-state index in [-0.39, 0.29) is 12.6 Å². The van der Waals surface area contributed by atoms with Gasteiger partial charge in [-0.3, -0.25) is 0 Å². The highest BCUT2D eigenvalue weighted by molar-refractivity contribution is 7.89. The zero-order chi connectivity index (χ0) is 16.4. The fraction of sp³-hybridized carbons (Fsp3) is 0.250. The van der Waals surface area contributed by atoms with E-state index in [1.54, 1.807) is 0 Å². The summed E-state index contributed by atoms with van der Waals surface area (Å²) in [5.74, 6) is -2.20. The van der Waals surface area contributed by atoms with Crippen LogP contribution in [-0.4, -0.2) is 21.5 Å². The fourth-order valence-electron chi connectivity index (χ4n) is 2.78. The van der Waals surface area contributed by atoms with Crippen LogP contribution in [0.25, 0.3) is 0 Å². The maximum Gasteiger partial charge on any atom is 0.246 e. The van der Waals surface area contributed by atoms with Crippen LogP contribution in [0.3, 0.4) is 0 Å². The Bertz CT molecular complexity index is 804. The molecule has 0 aliphatic carbocycles. The summed E-state index contributed by atoms with van der Waals surface area (Å²) in [6.45, 7) is 0.741. The lowest BCUT2D eigenvalue weighted by atomic mass is 9.95. The second-order valence-electron chi connectivity index (χ2n) is 5.36. The molecule has 1 unspecified atom stereocenters. The van der Waals surface area contributed by atoms with Crippen molar-refractivity contribution in [1.29, 1.82) is 0 Å². The second kappa shape index (κ2) is 6.35. The third kappa shape index (κ3) is 3.26. The van der Waals surface area contributed by atoms with E-state index in [0.29, 0.717) is 0 Å². The van der Waals surface area contributed by atoms with Gasteiger partial charge in [0.1, 0.15) is 11.6 Å². The third-order valence-electron chi connectivity index (χ3n) is 3.88. The highest BCUT2D eigenvalue weighted by atomic mass is 32.2. The Kier molecular flexibility index (Phi) is 4.43. The van der Waals surface area contributed by atoms with Gasteiger partial charge < -0.3 is 5.32 Å². The number of fused-ring (bicyclic) bond motifs is 1. The van der Waals surface area contributed by atoms with Gasteiger partial charge in [-0.05, 0) is 36.2 Å². The van der Waals surface area contributed by atoms with E-state index >= 15 is 0 Å². The first-order valence-electron chi connectivity index (χ1n) is 7.24. The summed E-state index contributed by atoms with van der Waals surface area (Å²) in [5, 5.41) is 3.21. The van der Waals surface area contributed by atoms with E-state index in [1.165, 1.54) is 0 Å². The molecule has 1 aliphatic heterocycles. The van der Waals surface area contributed by atoms with Gasteiger partial charge in [0.15, 0.2) is 4.90 Å². The maximum atomic E-state index is 13.7. The molecule has 0 bridgehead atoms. The number of sulfonamides is 1. The predicted molar refractivity (Wildman–Crippen MR) is 82.4 cm³/mol. The highest BCUT2D eigenvalue weighted by Gasteiger charge is 2.26. The minimum atomic E-state index is -4.26. The molecule has 23 heavy (non-hydrogen) atoms. The molecule has 0 saturated carbocycles. The molecule has 0 saturated heterocycles. The van der Waals surface area contributed by atoms with Crippen LogP contribution in [0.4, 0.5) is 8.78 Å². The van der Waals surface area contributed by atoms with E-state index in [9.17, 15) is 17.2 Å². The summed E-state index contributed by atoms with van der Waals surface area (Å²) in [5.41, 5.74) is 2.14. The number of rotatable bonds is 4. The molecule has 2 aromatic carbocycles. The molecular weight excluding hydrogens is 322 g/mol. The van der Waals surface area contributed by atoms with Crippen molar-refractivity contribution in [2.45, 2.75) is 17.4 Å². The third-order valence-corrected chi connectivity index (χ3v) is 5.35. The minimum Gasteiger partial charge on any atom is -0.308 e. The largest absolute Gasteiger partial charge is 0.308 e. The summed E-state index contributed by atoms with van der Waals surface area (Å²) in [6.07, 6.45) is 0.862. The van der Waals surface area contributed by atoms with Crippen LogP contribution in [0.1, 0.15) is 17.2 Å². The summed E-state index contributed by atoms with van der Waals surface area (Å²) >= 11 is 0. The van der Waals surface area contributed by atoms with Crippen LogP contribution in [0.5, 0.6) is 0 Å². The number of hydrogen-bond donors (Lipinski definition) is 2. The van der Waals surface area contributed by atoms with Crippen LogP contribution < -0.4 is 10.0 Å². The maximum absolute atomic E-state index is 13.7. The lowest BCUT2D eigenvalue weighted by molar-refractivity contribution is 0.483. The first-order valence-corrected chi connectivity index (χ1v) is 8.72. The first-order chi connectivity index (χ1) is 11.0. The SMILES string of the molecule is O=S(=O)(NCC1NCCc2ccccc21)c1c(F)cccc1F. The van der Waals surface area contributed by atoms with Crippen LogP contribution in [0, 0.1) is 11.6 Å². The fourth-order valence-corrected chi connectivity index (χ4v) is 3.96. The molecule has 1 atom stereocenters. The molecular formula is C16H16F2N2O2S. The van der Waals surface area contributed by atoms with Crippen LogP contribution in [-0.2, 0) is 16.4 Å². The molecule has 1 aliphatic rings. The molecule has 2 aromatic rings. The Morgan fingerprint density at radius 3 is 2.52 bits per heavy atom. The Hall–Kier alpha value is -1.83. The van der Waals surface area contributed by atoms with Gasteiger partial charge in [0.25, 0.3) is 0 Å². The zero-order valence-corrected chi connectivity index (χ0v) is 13.0. The van der Waals surface area contributed by atoms with Gasteiger partial charge in [0.05, 0.1) is 0 Å². The lowest BCUT2D eigenvalue weighted by Gasteiger charge is -2.27. The van der Waals surface area contributed by atoms with Crippen molar-refractivity contribution < 1.29 is 17.2 Å². The molecule has 7 heteroatoms. The highest BCUT2D eigenvalue weighted by Crippen LogP contribution is 2.23. The normalized spacial score (nSPS) is 17.7. The molecule has 0 fully saturated rings. The van der Waals surface area contributed by atoms with Gasteiger partial charge >= 0.3 is 0 Å². The summed E-state index contributed by atoms with van der Waals surface area (Å²) in [6, 6.07) is 10.5. The molecule has 0 spiro atoms. The van der Waals surface area contributed by atoms with E-state index < -0.39 is 26.6 Å². The van der Waals surface area contributed by atoms with Crippen molar-refractivity contribution in [3.63, 3.8) is 0 Å².